The van der Waals surface area contributed by atoms with Gasteiger partial charge in [0.2, 0.25) is 0 Å². The highest BCUT2D eigenvalue weighted by Crippen LogP contribution is 2.22. The molecule has 0 saturated carbocycles. The number of hydrogen-bond donors (Lipinski definition) is 1. The third-order valence-corrected chi connectivity index (χ3v) is 3.71. The summed E-state index contributed by atoms with van der Waals surface area (Å²) in [7, 11) is 2.01. The van der Waals surface area contributed by atoms with Gasteiger partial charge in [0.05, 0.1) is 0 Å². The summed E-state index contributed by atoms with van der Waals surface area (Å²) >= 11 is 1.56. The van der Waals surface area contributed by atoms with E-state index in [1.54, 1.807) is 11.5 Å². The van der Waals surface area contributed by atoms with Crippen LogP contribution < -0.4 is 5.32 Å². The molecule has 0 amide bonds. The van der Waals surface area contributed by atoms with E-state index in [1.165, 1.54) is 5.01 Å². The Labute approximate surface area is 96.5 Å². The largest absolute Gasteiger partial charge is 0.316 e. The van der Waals surface area contributed by atoms with E-state index in [9.17, 15) is 0 Å². The summed E-state index contributed by atoms with van der Waals surface area (Å²) in [5, 5.41) is 4.50. The molecule has 1 aromatic heterocycles. The molecule has 0 aliphatic rings. The molecule has 3 nitrogen and oxygen atoms in total. The van der Waals surface area contributed by atoms with Gasteiger partial charge in [-0.15, -0.1) is 0 Å². The molecule has 15 heavy (non-hydrogen) atoms. The first kappa shape index (κ1) is 12.6. The molecule has 1 rings (SSSR count). The van der Waals surface area contributed by atoms with E-state index in [0.29, 0.717) is 12.0 Å². The second kappa shape index (κ2) is 6.18. The van der Waals surface area contributed by atoms with Gasteiger partial charge in [-0.25, -0.2) is 4.98 Å². The van der Waals surface area contributed by atoms with E-state index in [-0.39, 0.29) is 0 Å². The molecular formula is C11H21N3S. The summed E-state index contributed by atoms with van der Waals surface area (Å²) in [5.74, 6) is 1.47. The minimum atomic E-state index is 0.461. The van der Waals surface area contributed by atoms with Crippen molar-refractivity contribution < 1.29 is 0 Å². The van der Waals surface area contributed by atoms with Crippen molar-refractivity contribution >= 4 is 11.5 Å². The Kier molecular flexibility index (Phi) is 5.19. The van der Waals surface area contributed by atoms with E-state index in [1.807, 2.05) is 7.05 Å². The Morgan fingerprint density at radius 2 is 2.13 bits per heavy atom. The average Bonchev–Trinajstić information content (AvgIpc) is 2.68. The molecule has 0 aliphatic heterocycles. The lowest BCUT2D eigenvalue weighted by Crippen LogP contribution is -2.29. The van der Waals surface area contributed by atoms with Gasteiger partial charge in [-0.05, 0) is 31.4 Å². The van der Waals surface area contributed by atoms with Crippen LogP contribution in [0, 0.1) is 0 Å². The molecular weight excluding hydrogens is 206 g/mol. The van der Waals surface area contributed by atoms with Crippen molar-refractivity contribution in [1.29, 1.82) is 0 Å². The SMILES string of the molecule is CCCc1nsc(C(C)C(CC)NC)n1. The zero-order chi connectivity index (χ0) is 11.3. The summed E-state index contributed by atoms with van der Waals surface area (Å²) in [6.07, 6.45) is 3.24. The molecule has 0 fully saturated rings. The molecule has 0 aliphatic carbocycles. The standard InChI is InChI=1S/C11H21N3S/c1-5-7-10-13-11(15-14-10)8(3)9(6-2)12-4/h8-9,12H,5-7H2,1-4H3. The lowest BCUT2D eigenvalue weighted by Gasteiger charge is -2.19. The number of nitrogens with one attached hydrogen (secondary N) is 1. The van der Waals surface area contributed by atoms with Crippen LogP contribution in [0.25, 0.3) is 0 Å². The van der Waals surface area contributed by atoms with Gasteiger partial charge >= 0.3 is 0 Å². The monoisotopic (exact) mass is 227 g/mol. The minimum Gasteiger partial charge on any atom is -0.316 e. The molecule has 0 spiro atoms. The fourth-order valence-electron chi connectivity index (χ4n) is 1.76. The summed E-state index contributed by atoms with van der Waals surface area (Å²) in [4.78, 5) is 4.58. The normalized spacial score (nSPS) is 15.2. The van der Waals surface area contributed by atoms with Crippen LogP contribution in [0.3, 0.4) is 0 Å². The molecule has 0 saturated heterocycles. The highest BCUT2D eigenvalue weighted by molar-refractivity contribution is 7.05. The summed E-state index contributed by atoms with van der Waals surface area (Å²) in [6.45, 7) is 6.58. The van der Waals surface area contributed by atoms with E-state index >= 15 is 0 Å². The van der Waals surface area contributed by atoms with Gasteiger partial charge in [-0.3, -0.25) is 0 Å². The lowest BCUT2D eigenvalue weighted by molar-refractivity contribution is 0.471. The van der Waals surface area contributed by atoms with Crippen molar-refractivity contribution in [3.8, 4) is 0 Å². The van der Waals surface area contributed by atoms with Gasteiger partial charge in [0, 0.05) is 18.4 Å². The Hall–Kier alpha value is -0.480. The Bertz CT molecular complexity index is 281. The third kappa shape index (κ3) is 3.24. The molecule has 2 unspecified atom stereocenters. The van der Waals surface area contributed by atoms with Crippen molar-refractivity contribution in [2.45, 2.75) is 52.0 Å². The quantitative estimate of drug-likeness (QED) is 0.811. The molecule has 2 atom stereocenters. The number of hydrogen-bond acceptors (Lipinski definition) is 4. The number of nitrogens with zero attached hydrogens (tertiary/aromatic N) is 2. The zero-order valence-corrected chi connectivity index (χ0v) is 10.9. The lowest BCUT2D eigenvalue weighted by atomic mass is 10.0. The fraction of sp³-hybridized carbons (Fsp3) is 0.818. The molecule has 0 aromatic carbocycles. The van der Waals surface area contributed by atoms with E-state index in [2.05, 4.69) is 35.4 Å². The van der Waals surface area contributed by atoms with Gasteiger partial charge in [0.1, 0.15) is 10.8 Å². The number of aryl methyl sites for hydroxylation is 1. The predicted octanol–water partition coefficient (Wildman–Crippen LogP) is 2.59. The molecule has 1 aromatic rings. The summed E-state index contributed by atoms with van der Waals surface area (Å²) in [5.41, 5.74) is 0. The molecule has 4 heteroatoms. The van der Waals surface area contributed by atoms with Crippen LogP contribution in [0.4, 0.5) is 0 Å². The van der Waals surface area contributed by atoms with Crippen molar-refractivity contribution in [3.05, 3.63) is 10.8 Å². The number of rotatable bonds is 6. The first-order valence-corrected chi connectivity index (χ1v) is 6.49. The van der Waals surface area contributed by atoms with Crippen LogP contribution in [0.5, 0.6) is 0 Å². The minimum absolute atomic E-state index is 0.461. The smallest absolute Gasteiger partial charge is 0.142 e. The van der Waals surface area contributed by atoms with E-state index < -0.39 is 0 Å². The van der Waals surface area contributed by atoms with Crippen molar-refractivity contribution in [1.82, 2.24) is 14.7 Å². The van der Waals surface area contributed by atoms with Gasteiger partial charge in [-0.1, -0.05) is 20.8 Å². The van der Waals surface area contributed by atoms with Crippen LogP contribution in [-0.4, -0.2) is 22.4 Å². The van der Waals surface area contributed by atoms with Gasteiger partial charge < -0.3 is 5.32 Å². The van der Waals surface area contributed by atoms with E-state index in [4.69, 9.17) is 0 Å². The second-order valence-corrected chi connectivity index (χ2v) is 4.67. The Morgan fingerprint density at radius 3 is 2.67 bits per heavy atom. The molecule has 86 valence electrons. The van der Waals surface area contributed by atoms with Crippen LogP contribution >= 0.6 is 11.5 Å². The summed E-state index contributed by atoms with van der Waals surface area (Å²) < 4.78 is 4.38. The van der Waals surface area contributed by atoms with Crippen molar-refractivity contribution in [3.63, 3.8) is 0 Å². The maximum atomic E-state index is 4.58. The van der Waals surface area contributed by atoms with Crippen LogP contribution in [0.15, 0.2) is 0 Å². The number of likely N-dealkylation sites (N-methyl/N-ethyl adjacent to an activating group) is 1. The maximum Gasteiger partial charge on any atom is 0.142 e. The zero-order valence-electron chi connectivity index (χ0n) is 10.1. The van der Waals surface area contributed by atoms with Crippen LogP contribution in [-0.2, 0) is 6.42 Å². The topological polar surface area (TPSA) is 37.8 Å². The third-order valence-electron chi connectivity index (χ3n) is 2.76. The molecule has 1 heterocycles. The molecule has 0 bridgehead atoms. The van der Waals surface area contributed by atoms with Gasteiger partial charge in [-0.2, -0.15) is 4.37 Å². The number of aromatic nitrogens is 2. The van der Waals surface area contributed by atoms with Gasteiger partial charge in [0.25, 0.3) is 0 Å². The first-order chi connectivity index (χ1) is 7.22. The predicted molar refractivity (Wildman–Crippen MR) is 65.5 cm³/mol. The van der Waals surface area contributed by atoms with Crippen LogP contribution in [0.2, 0.25) is 0 Å². The Balaban J connectivity index is 2.68. The van der Waals surface area contributed by atoms with E-state index in [0.717, 1.165) is 25.1 Å². The van der Waals surface area contributed by atoms with Crippen molar-refractivity contribution in [2.75, 3.05) is 7.05 Å². The second-order valence-electron chi connectivity index (χ2n) is 3.89. The summed E-state index contributed by atoms with van der Waals surface area (Å²) in [6, 6.07) is 0.507. The Morgan fingerprint density at radius 1 is 1.40 bits per heavy atom. The molecule has 1 N–H and O–H groups in total. The molecule has 0 radical (unpaired) electrons. The van der Waals surface area contributed by atoms with Crippen LogP contribution in [0.1, 0.15) is 50.4 Å². The highest BCUT2D eigenvalue weighted by atomic mass is 32.1. The fourth-order valence-corrected chi connectivity index (χ4v) is 2.57. The van der Waals surface area contributed by atoms with Gasteiger partial charge in [0.15, 0.2) is 0 Å². The maximum absolute atomic E-state index is 4.58. The van der Waals surface area contributed by atoms with Crippen molar-refractivity contribution in [2.24, 2.45) is 0 Å². The highest BCUT2D eigenvalue weighted by Gasteiger charge is 2.19. The first-order valence-electron chi connectivity index (χ1n) is 5.72. The average molecular weight is 227 g/mol.